The van der Waals surface area contributed by atoms with Crippen molar-refractivity contribution in [3.8, 4) is 0 Å². The van der Waals surface area contributed by atoms with Gasteiger partial charge in [-0.3, -0.25) is 10.4 Å². The number of urea groups is 1. The number of carbonyl (C=O) groups is 1. The van der Waals surface area contributed by atoms with Gasteiger partial charge in [-0.2, -0.15) is 4.98 Å². The fourth-order valence-electron chi connectivity index (χ4n) is 1.78. The normalized spacial score (nSPS) is 12.2. The minimum atomic E-state index is -4.45. The standard InChI is InChI=1S/C12H16N6O5S2/c1-8-13-11(16-15-8)14-12(19)17-24(20,21)9-6-4-5-7-10(9)25(22,23)18(2)3/h4-7H,1-3H3,(H3,13,14,15,16,17,19). The fourth-order valence-corrected chi connectivity index (χ4v) is 4.39. The number of nitrogens with one attached hydrogen (secondary N) is 3. The lowest BCUT2D eigenvalue weighted by Gasteiger charge is -2.15. The highest BCUT2D eigenvalue weighted by Gasteiger charge is 2.29. The van der Waals surface area contributed by atoms with Gasteiger partial charge in [-0.15, -0.1) is 5.10 Å². The van der Waals surface area contributed by atoms with E-state index in [2.05, 4.69) is 20.5 Å². The summed E-state index contributed by atoms with van der Waals surface area (Å²) in [6.45, 7) is 1.59. The van der Waals surface area contributed by atoms with Crippen molar-refractivity contribution in [2.75, 3.05) is 19.4 Å². The van der Waals surface area contributed by atoms with Gasteiger partial charge in [-0.05, 0) is 19.1 Å². The van der Waals surface area contributed by atoms with Crippen molar-refractivity contribution >= 4 is 32.0 Å². The van der Waals surface area contributed by atoms with E-state index in [4.69, 9.17) is 0 Å². The first kappa shape index (κ1) is 18.8. The highest BCUT2D eigenvalue weighted by Crippen LogP contribution is 2.22. The van der Waals surface area contributed by atoms with Gasteiger partial charge >= 0.3 is 6.03 Å². The van der Waals surface area contributed by atoms with Crippen LogP contribution in [-0.4, -0.2) is 56.4 Å². The largest absolute Gasteiger partial charge is 0.335 e. The van der Waals surface area contributed by atoms with Crippen molar-refractivity contribution in [3.63, 3.8) is 0 Å². The number of H-pyrrole nitrogens is 1. The summed E-state index contributed by atoms with van der Waals surface area (Å²) in [5.41, 5.74) is 0. The van der Waals surface area contributed by atoms with E-state index in [1.165, 1.54) is 26.2 Å². The van der Waals surface area contributed by atoms with E-state index in [1.807, 2.05) is 0 Å². The second-order valence-electron chi connectivity index (χ2n) is 5.04. The Morgan fingerprint density at radius 3 is 2.24 bits per heavy atom. The van der Waals surface area contributed by atoms with Crippen molar-refractivity contribution in [3.05, 3.63) is 30.1 Å². The molecule has 136 valence electrons. The van der Waals surface area contributed by atoms with Gasteiger partial charge in [-0.1, -0.05) is 12.1 Å². The summed E-state index contributed by atoms with van der Waals surface area (Å²) in [6, 6.07) is 3.82. The molecule has 0 spiro atoms. The third-order valence-electron chi connectivity index (χ3n) is 2.95. The molecule has 25 heavy (non-hydrogen) atoms. The number of sulfonamides is 2. The Bertz CT molecular complexity index is 997. The monoisotopic (exact) mass is 388 g/mol. The molecule has 13 heteroatoms. The molecule has 0 saturated heterocycles. The third-order valence-corrected chi connectivity index (χ3v) is 6.34. The summed E-state index contributed by atoms with van der Waals surface area (Å²) in [4.78, 5) is 14.6. The Kier molecular flexibility index (Phi) is 5.10. The van der Waals surface area contributed by atoms with Crippen molar-refractivity contribution in [1.29, 1.82) is 0 Å². The van der Waals surface area contributed by atoms with E-state index in [9.17, 15) is 21.6 Å². The Morgan fingerprint density at radius 1 is 1.12 bits per heavy atom. The van der Waals surface area contributed by atoms with E-state index in [0.717, 1.165) is 16.4 Å². The molecule has 1 heterocycles. The van der Waals surface area contributed by atoms with E-state index in [-0.39, 0.29) is 5.95 Å². The molecular weight excluding hydrogens is 372 g/mol. The first-order valence-electron chi connectivity index (χ1n) is 6.78. The predicted octanol–water partition coefficient (Wildman–Crippen LogP) is -0.126. The van der Waals surface area contributed by atoms with Gasteiger partial charge in [0.1, 0.15) is 15.6 Å². The number of aromatic nitrogens is 3. The Labute approximate surface area is 144 Å². The Hall–Kier alpha value is -2.51. The Balaban J connectivity index is 2.33. The number of aryl methyl sites for hydroxylation is 1. The second-order valence-corrected chi connectivity index (χ2v) is 8.81. The molecule has 0 radical (unpaired) electrons. The maximum absolute atomic E-state index is 12.4. The van der Waals surface area contributed by atoms with Crippen LogP contribution in [0.3, 0.4) is 0 Å². The SMILES string of the molecule is Cc1nc(NC(=O)NS(=O)(=O)c2ccccc2S(=O)(=O)N(C)C)n[nH]1. The van der Waals surface area contributed by atoms with Crippen molar-refractivity contribution in [2.45, 2.75) is 16.7 Å². The second kappa shape index (κ2) is 6.78. The summed E-state index contributed by atoms with van der Waals surface area (Å²) in [7, 11) is -5.95. The zero-order valence-electron chi connectivity index (χ0n) is 13.5. The summed E-state index contributed by atoms with van der Waals surface area (Å²) in [5.74, 6) is 0.292. The Morgan fingerprint density at radius 2 is 1.72 bits per heavy atom. The summed E-state index contributed by atoms with van der Waals surface area (Å²) >= 11 is 0. The van der Waals surface area contributed by atoms with Crippen LogP contribution in [0.2, 0.25) is 0 Å². The molecule has 0 saturated carbocycles. The molecule has 0 aliphatic carbocycles. The van der Waals surface area contributed by atoms with Crippen LogP contribution in [0.15, 0.2) is 34.1 Å². The zero-order chi connectivity index (χ0) is 18.8. The molecule has 11 nitrogen and oxygen atoms in total. The first-order chi connectivity index (χ1) is 11.5. The first-order valence-corrected chi connectivity index (χ1v) is 9.71. The van der Waals surface area contributed by atoms with Gasteiger partial charge in [0.15, 0.2) is 0 Å². The van der Waals surface area contributed by atoms with E-state index in [0.29, 0.717) is 5.82 Å². The number of aromatic amines is 1. The number of benzene rings is 1. The third kappa shape index (κ3) is 4.12. The van der Waals surface area contributed by atoms with Gasteiger partial charge in [0.25, 0.3) is 10.0 Å². The van der Waals surface area contributed by atoms with Gasteiger partial charge in [-0.25, -0.2) is 30.7 Å². The molecule has 3 N–H and O–H groups in total. The predicted molar refractivity (Wildman–Crippen MR) is 87.8 cm³/mol. The number of nitrogens with zero attached hydrogens (tertiary/aromatic N) is 3. The molecule has 2 amide bonds. The molecule has 0 aliphatic heterocycles. The molecule has 1 aromatic carbocycles. The van der Waals surface area contributed by atoms with Crippen LogP contribution in [0.5, 0.6) is 0 Å². The van der Waals surface area contributed by atoms with Crippen LogP contribution in [0, 0.1) is 6.92 Å². The molecule has 2 rings (SSSR count). The lowest BCUT2D eigenvalue weighted by molar-refractivity contribution is 0.256. The van der Waals surface area contributed by atoms with Crippen LogP contribution >= 0.6 is 0 Å². The number of rotatable bonds is 5. The number of amides is 2. The molecule has 0 fully saturated rings. The van der Waals surface area contributed by atoms with Gasteiger partial charge < -0.3 is 0 Å². The van der Waals surface area contributed by atoms with Crippen molar-refractivity contribution in [2.24, 2.45) is 0 Å². The minimum Gasteiger partial charge on any atom is -0.274 e. The molecule has 2 aromatic rings. The van der Waals surface area contributed by atoms with Crippen LogP contribution in [0.25, 0.3) is 0 Å². The van der Waals surface area contributed by atoms with Crippen LogP contribution in [-0.2, 0) is 20.0 Å². The number of hydrogen-bond acceptors (Lipinski definition) is 7. The quantitative estimate of drug-likeness (QED) is 0.644. The van der Waals surface area contributed by atoms with Crippen molar-refractivity contribution < 1.29 is 21.6 Å². The topological polar surface area (TPSA) is 154 Å². The van der Waals surface area contributed by atoms with Crippen LogP contribution < -0.4 is 10.0 Å². The van der Waals surface area contributed by atoms with E-state index in [1.54, 1.807) is 11.6 Å². The lowest BCUT2D eigenvalue weighted by Crippen LogP contribution is -2.36. The molecule has 0 aliphatic rings. The highest BCUT2D eigenvalue weighted by molar-refractivity contribution is 7.92. The average molecular weight is 388 g/mol. The summed E-state index contributed by atoms with van der Waals surface area (Å²) in [6.07, 6.45) is 0. The minimum absolute atomic E-state index is 0.126. The zero-order valence-corrected chi connectivity index (χ0v) is 15.1. The molecule has 0 atom stereocenters. The molecule has 0 unspecified atom stereocenters. The molecule has 1 aromatic heterocycles. The van der Waals surface area contributed by atoms with E-state index < -0.39 is 35.9 Å². The summed E-state index contributed by atoms with van der Waals surface area (Å²) in [5, 5.41) is 8.23. The smallest absolute Gasteiger partial charge is 0.274 e. The summed E-state index contributed by atoms with van der Waals surface area (Å²) < 4.78 is 52.0. The molecule has 0 bridgehead atoms. The van der Waals surface area contributed by atoms with Gasteiger partial charge in [0, 0.05) is 14.1 Å². The maximum atomic E-state index is 12.4. The van der Waals surface area contributed by atoms with Crippen LogP contribution in [0.4, 0.5) is 10.7 Å². The average Bonchev–Trinajstić information content (AvgIpc) is 2.91. The lowest BCUT2D eigenvalue weighted by atomic mass is 10.4. The number of carbonyl (C=O) groups excluding carboxylic acids is 1. The fraction of sp³-hybridized carbons (Fsp3) is 0.250. The maximum Gasteiger partial charge on any atom is 0.335 e. The van der Waals surface area contributed by atoms with E-state index >= 15 is 0 Å². The van der Waals surface area contributed by atoms with Gasteiger partial charge in [0.2, 0.25) is 16.0 Å². The van der Waals surface area contributed by atoms with Crippen molar-refractivity contribution in [1.82, 2.24) is 24.2 Å². The number of anilines is 1. The number of hydrogen-bond donors (Lipinski definition) is 3. The highest BCUT2D eigenvalue weighted by atomic mass is 32.2. The van der Waals surface area contributed by atoms with Crippen LogP contribution in [0.1, 0.15) is 5.82 Å². The van der Waals surface area contributed by atoms with Gasteiger partial charge in [0.05, 0.1) is 0 Å². The molecular formula is C12H16N6O5S2.